The Bertz CT molecular complexity index is 656. The van der Waals surface area contributed by atoms with E-state index < -0.39 is 35.9 Å². The lowest BCUT2D eigenvalue weighted by Gasteiger charge is -2.44. The first-order valence-corrected chi connectivity index (χ1v) is 10.5. The molecule has 2 N–H and O–H groups in total. The molecule has 0 bridgehead atoms. The van der Waals surface area contributed by atoms with Gasteiger partial charge in [-0.25, -0.2) is 0 Å². The van der Waals surface area contributed by atoms with Crippen molar-refractivity contribution in [2.75, 3.05) is 12.9 Å². The Balaban J connectivity index is 2.25. The van der Waals surface area contributed by atoms with E-state index >= 15 is 0 Å². The van der Waals surface area contributed by atoms with E-state index in [9.17, 15) is 27.1 Å². The summed E-state index contributed by atoms with van der Waals surface area (Å²) in [6, 6.07) is 1.72. The molecule has 9 heteroatoms. The van der Waals surface area contributed by atoms with Crippen LogP contribution in [0.15, 0.2) is 17.1 Å². The Morgan fingerprint density at radius 2 is 2.00 bits per heavy atom. The van der Waals surface area contributed by atoms with Gasteiger partial charge in [0.2, 0.25) is 0 Å². The number of hydrogen-bond acceptors (Lipinski definition) is 4. The van der Waals surface area contributed by atoms with Crippen LogP contribution in [0.4, 0.5) is 13.2 Å². The zero-order valence-electron chi connectivity index (χ0n) is 15.1. The molecule has 1 aromatic heterocycles. The van der Waals surface area contributed by atoms with E-state index in [1.54, 1.807) is 26.2 Å². The average molecular weight is 397 g/mol. The fourth-order valence-electron chi connectivity index (χ4n) is 3.50. The molecule has 1 fully saturated rings. The van der Waals surface area contributed by atoms with E-state index in [2.05, 4.69) is 0 Å². The molecular weight excluding hydrogens is 371 g/mol. The Labute approximate surface area is 152 Å². The Hall–Kier alpha value is -1.03. The van der Waals surface area contributed by atoms with Crippen LogP contribution in [0.25, 0.3) is 0 Å². The minimum absolute atomic E-state index is 0.143. The molecule has 3 atom stereocenters. The van der Waals surface area contributed by atoms with Crippen molar-refractivity contribution < 1.29 is 27.0 Å². The highest BCUT2D eigenvalue weighted by molar-refractivity contribution is 8.24. The molecule has 2 rings (SSSR count). The van der Waals surface area contributed by atoms with Crippen LogP contribution in [-0.4, -0.2) is 44.1 Å². The third-order valence-corrected chi connectivity index (χ3v) is 6.59. The minimum atomic E-state index is -4.28. The van der Waals surface area contributed by atoms with Crippen molar-refractivity contribution >= 4 is 10.6 Å². The van der Waals surface area contributed by atoms with E-state index in [-0.39, 0.29) is 16.7 Å². The van der Waals surface area contributed by atoms with Crippen molar-refractivity contribution in [1.29, 1.82) is 0 Å². The van der Waals surface area contributed by atoms with Gasteiger partial charge in [-0.3, -0.25) is 13.9 Å². The molecule has 1 saturated carbocycles. The summed E-state index contributed by atoms with van der Waals surface area (Å²) in [4.78, 5) is 11.9. The van der Waals surface area contributed by atoms with Gasteiger partial charge < -0.3 is 9.30 Å². The predicted octanol–water partition coefficient (Wildman–Crippen LogP) is 4.05. The second-order valence-electron chi connectivity index (χ2n) is 7.08. The molecule has 5 nitrogen and oxygen atoms in total. The third-order valence-electron chi connectivity index (χ3n) is 4.90. The number of pyridine rings is 1. The summed E-state index contributed by atoms with van der Waals surface area (Å²) < 4.78 is 64.3. The summed E-state index contributed by atoms with van der Waals surface area (Å²) in [6.45, 7) is 1.25. The van der Waals surface area contributed by atoms with E-state index in [4.69, 9.17) is 4.74 Å². The summed E-state index contributed by atoms with van der Waals surface area (Å²) in [5, 5.41) is -0.340. The molecule has 0 radical (unpaired) electrons. The molecule has 3 unspecified atom stereocenters. The van der Waals surface area contributed by atoms with Gasteiger partial charge in [-0.05, 0) is 37.8 Å². The van der Waals surface area contributed by atoms with Crippen molar-refractivity contribution in [2.24, 2.45) is 7.05 Å². The zero-order chi connectivity index (χ0) is 19.7. The van der Waals surface area contributed by atoms with Crippen molar-refractivity contribution in [1.82, 2.24) is 4.57 Å². The maximum atomic E-state index is 12.4. The second kappa shape index (κ2) is 7.92. The van der Waals surface area contributed by atoms with Crippen LogP contribution in [0.1, 0.15) is 42.7 Å². The monoisotopic (exact) mass is 397 g/mol. The lowest BCUT2D eigenvalue weighted by atomic mass is 9.81. The number of rotatable bonds is 5. The lowest BCUT2D eigenvalue weighted by molar-refractivity contribution is -0.151. The molecule has 150 valence electrons. The van der Waals surface area contributed by atoms with Crippen molar-refractivity contribution in [3.63, 3.8) is 0 Å². The van der Waals surface area contributed by atoms with Crippen LogP contribution < -0.4 is 5.56 Å². The molecule has 1 aliphatic carbocycles. The molecule has 0 aromatic carbocycles. The van der Waals surface area contributed by atoms with Crippen molar-refractivity contribution in [2.45, 2.75) is 56.1 Å². The fourth-order valence-corrected chi connectivity index (χ4v) is 4.65. The van der Waals surface area contributed by atoms with E-state index in [1.165, 1.54) is 10.8 Å². The Morgan fingerprint density at radius 1 is 1.35 bits per heavy atom. The first-order chi connectivity index (χ1) is 11.9. The highest BCUT2D eigenvalue weighted by Crippen LogP contribution is 2.50. The zero-order valence-corrected chi connectivity index (χ0v) is 15.9. The van der Waals surface area contributed by atoms with Gasteiger partial charge in [-0.1, -0.05) is 0 Å². The minimum Gasteiger partial charge on any atom is -0.377 e. The van der Waals surface area contributed by atoms with Crippen LogP contribution in [0, 0.1) is 6.92 Å². The number of halogens is 3. The van der Waals surface area contributed by atoms with Crippen LogP contribution in [0.3, 0.4) is 0 Å². The van der Waals surface area contributed by atoms with Gasteiger partial charge in [-0.2, -0.15) is 23.8 Å². The van der Waals surface area contributed by atoms with Gasteiger partial charge in [-0.15, -0.1) is 0 Å². The van der Waals surface area contributed by atoms with Crippen LogP contribution in [-0.2, 0) is 11.8 Å². The number of nitrogens with zero attached hydrogens (tertiary/aromatic N) is 1. The van der Waals surface area contributed by atoms with Gasteiger partial charge in [0.15, 0.2) is 0 Å². The molecule has 0 spiro atoms. The fraction of sp³-hybridized carbons (Fsp3) is 0.706. The molecule has 0 aliphatic heterocycles. The summed E-state index contributed by atoms with van der Waals surface area (Å²) >= 11 is 0. The maximum absolute atomic E-state index is 12.4. The lowest BCUT2D eigenvalue weighted by Crippen LogP contribution is -2.36. The van der Waals surface area contributed by atoms with Crippen molar-refractivity contribution in [3.8, 4) is 0 Å². The summed E-state index contributed by atoms with van der Waals surface area (Å²) in [5.74, 6) is -0.293. The molecular formula is C17H26F3NO4S. The first kappa shape index (κ1) is 21.3. The van der Waals surface area contributed by atoms with Gasteiger partial charge in [0.25, 0.3) is 5.56 Å². The number of alkyl halides is 3. The standard InChI is InChI=1S/C17H26F3NO4S/c1-11-8-12(10-21(2)16(11)22)14-9-13(26(3,23)24)4-5-15(14)25-7-6-17(18,19)20/h8,10,13-15,23-24H,4-7,9H2,1-3H3. The maximum Gasteiger partial charge on any atom is 0.391 e. The summed E-state index contributed by atoms with van der Waals surface area (Å²) in [7, 11) is -1.15. The smallest absolute Gasteiger partial charge is 0.377 e. The number of ether oxygens (including phenoxy) is 1. The predicted molar refractivity (Wildman–Crippen MR) is 96.0 cm³/mol. The Morgan fingerprint density at radius 3 is 2.54 bits per heavy atom. The van der Waals surface area contributed by atoms with Gasteiger partial charge >= 0.3 is 6.18 Å². The highest BCUT2D eigenvalue weighted by atomic mass is 32.3. The van der Waals surface area contributed by atoms with Crippen LogP contribution >= 0.6 is 10.6 Å². The largest absolute Gasteiger partial charge is 0.391 e. The molecule has 0 amide bonds. The topological polar surface area (TPSA) is 71.7 Å². The van der Waals surface area contributed by atoms with Gasteiger partial charge in [0, 0.05) is 36.2 Å². The summed E-state index contributed by atoms with van der Waals surface area (Å²) in [5.41, 5.74) is 1.16. The summed E-state index contributed by atoms with van der Waals surface area (Å²) in [6.07, 6.45) is -1.38. The molecule has 1 aliphatic rings. The number of aromatic nitrogens is 1. The van der Waals surface area contributed by atoms with E-state index in [0.717, 1.165) is 5.56 Å². The number of aryl methyl sites for hydroxylation is 2. The quantitative estimate of drug-likeness (QED) is 0.786. The van der Waals surface area contributed by atoms with Crippen LogP contribution in [0.5, 0.6) is 0 Å². The SMILES string of the molecule is Cc1cc(C2CC(S(C)(O)O)CCC2OCCC(F)(F)F)cn(C)c1=O. The van der Waals surface area contributed by atoms with Gasteiger partial charge in [0.1, 0.15) is 0 Å². The molecule has 0 saturated heterocycles. The normalized spacial score (nSPS) is 25.3. The molecule has 1 aromatic rings. The number of hydrogen-bond donors (Lipinski definition) is 2. The Kier molecular flexibility index (Phi) is 6.48. The van der Waals surface area contributed by atoms with Gasteiger partial charge in [0.05, 0.1) is 19.1 Å². The highest BCUT2D eigenvalue weighted by Gasteiger charge is 2.37. The molecule has 1 heterocycles. The first-order valence-electron chi connectivity index (χ1n) is 8.46. The third kappa shape index (κ3) is 5.48. The van der Waals surface area contributed by atoms with E-state index in [0.29, 0.717) is 24.8 Å². The van der Waals surface area contributed by atoms with Crippen LogP contribution in [0.2, 0.25) is 0 Å². The van der Waals surface area contributed by atoms with E-state index in [1.807, 2.05) is 0 Å². The average Bonchev–Trinajstić information content (AvgIpc) is 2.50. The molecule has 26 heavy (non-hydrogen) atoms. The second-order valence-corrected chi connectivity index (χ2v) is 9.54. The van der Waals surface area contributed by atoms with Crippen molar-refractivity contribution in [3.05, 3.63) is 33.7 Å².